The Morgan fingerprint density at radius 2 is 1.72 bits per heavy atom. The first-order valence-electron chi connectivity index (χ1n) is 12.8. The zero-order valence-corrected chi connectivity index (χ0v) is 23.0. The Labute approximate surface area is 227 Å². The van der Waals surface area contributed by atoms with Gasteiger partial charge in [0.2, 0.25) is 0 Å². The largest absolute Gasteiger partial charge is 0.478 e. The molecule has 10 heteroatoms. The molecule has 0 fully saturated rings. The SMILES string of the molecule is CCCCc1nc2cccc(C(=O)O)c2n1Cc1ccc(-c2ccccc2S(=O)(=O)NC(=O)NC(C)C)cc1. The van der Waals surface area contributed by atoms with Gasteiger partial charge in [0.15, 0.2) is 0 Å². The fourth-order valence-electron chi connectivity index (χ4n) is 4.48. The van der Waals surface area contributed by atoms with E-state index in [0.29, 0.717) is 28.7 Å². The summed E-state index contributed by atoms with van der Waals surface area (Å²) in [4.78, 5) is 28.8. The Hall–Kier alpha value is -4.18. The molecule has 2 amide bonds. The second-order valence-corrected chi connectivity index (χ2v) is 11.3. The molecule has 0 radical (unpaired) electrons. The minimum absolute atomic E-state index is 0.00906. The summed E-state index contributed by atoms with van der Waals surface area (Å²) < 4.78 is 30.0. The first kappa shape index (κ1) is 27.8. The van der Waals surface area contributed by atoms with Gasteiger partial charge < -0.3 is 15.0 Å². The second kappa shape index (κ2) is 11.7. The molecule has 1 heterocycles. The summed E-state index contributed by atoms with van der Waals surface area (Å²) in [7, 11) is -4.12. The Balaban J connectivity index is 1.67. The average molecular weight is 549 g/mol. The standard InChI is InChI=1S/C29H32N4O5S/c1-4-5-13-26-31-24-11-8-10-23(28(34)35)27(24)33(26)18-20-14-16-21(17-15-20)22-9-6-7-12-25(22)39(37,38)32-29(36)30-19(2)3/h6-12,14-17,19H,4-5,13,18H2,1-3H3,(H,34,35)(H2,30,32,36). The number of nitrogens with zero attached hydrogens (tertiary/aromatic N) is 2. The van der Waals surface area contributed by atoms with E-state index in [2.05, 4.69) is 17.0 Å². The molecule has 0 aliphatic rings. The van der Waals surface area contributed by atoms with Crippen molar-refractivity contribution >= 4 is 33.1 Å². The summed E-state index contributed by atoms with van der Waals surface area (Å²) in [5.41, 5.74) is 3.46. The quantitative estimate of drug-likeness (QED) is 0.250. The van der Waals surface area contributed by atoms with Gasteiger partial charge in [0.25, 0.3) is 10.0 Å². The van der Waals surface area contributed by atoms with Crippen LogP contribution in [0.5, 0.6) is 0 Å². The molecule has 0 aliphatic carbocycles. The van der Waals surface area contributed by atoms with Crippen molar-refractivity contribution in [3.05, 3.63) is 83.7 Å². The molecule has 0 aliphatic heterocycles. The topological polar surface area (TPSA) is 130 Å². The molecular formula is C29H32N4O5S. The van der Waals surface area contributed by atoms with E-state index in [1.54, 1.807) is 44.2 Å². The highest BCUT2D eigenvalue weighted by atomic mass is 32.2. The number of sulfonamides is 1. The van der Waals surface area contributed by atoms with Crippen molar-refractivity contribution in [2.75, 3.05) is 0 Å². The number of fused-ring (bicyclic) bond motifs is 1. The highest BCUT2D eigenvalue weighted by molar-refractivity contribution is 7.90. The first-order chi connectivity index (χ1) is 18.6. The lowest BCUT2D eigenvalue weighted by atomic mass is 10.0. The zero-order chi connectivity index (χ0) is 28.2. The zero-order valence-electron chi connectivity index (χ0n) is 22.1. The number of carbonyl (C=O) groups is 2. The van der Waals surface area contributed by atoms with Gasteiger partial charge in [0.1, 0.15) is 5.82 Å². The van der Waals surface area contributed by atoms with Crippen molar-refractivity contribution in [3.8, 4) is 11.1 Å². The van der Waals surface area contributed by atoms with Gasteiger partial charge in [0.05, 0.1) is 21.5 Å². The number of aryl methyl sites for hydroxylation is 1. The number of aromatic carboxylic acids is 1. The lowest BCUT2D eigenvalue weighted by molar-refractivity contribution is 0.0698. The minimum Gasteiger partial charge on any atom is -0.478 e. The van der Waals surface area contributed by atoms with Crippen LogP contribution in [-0.2, 0) is 23.0 Å². The molecule has 0 atom stereocenters. The molecule has 39 heavy (non-hydrogen) atoms. The van der Waals surface area contributed by atoms with E-state index in [0.717, 1.165) is 30.7 Å². The lowest BCUT2D eigenvalue weighted by Gasteiger charge is -2.14. The molecule has 3 aromatic carbocycles. The molecule has 0 unspecified atom stereocenters. The van der Waals surface area contributed by atoms with Gasteiger partial charge in [-0.15, -0.1) is 0 Å². The van der Waals surface area contributed by atoms with Crippen molar-refractivity contribution in [1.82, 2.24) is 19.6 Å². The van der Waals surface area contributed by atoms with E-state index in [-0.39, 0.29) is 16.5 Å². The maximum Gasteiger partial charge on any atom is 0.337 e. The van der Waals surface area contributed by atoms with Crippen LogP contribution in [0.3, 0.4) is 0 Å². The van der Waals surface area contributed by atoms with Gasteiger partial charge in [-0.2, -0.15) is 0 Å². The Bertz CT molecular complexity index is 1610. The number of unbranched alkanes of at least 4 members (excludes halogenated alkanes) is 1. The van der Waals surface area contributed by atoms with Crippen LogP contribution in [0.25, 0.3) is 22.2 Å². The number of urea groups is 1. The first-order valence-corrected chi connectivity index (χ1v) is 14.3. The summed E-state index contributed by atoms with van der Waals surface area (Å²) in [5, 5.41) is 12.3. The molecule has 3 N–H and O–H groups in total. The highest BCUT2D eigenvalue weighted by Gasteiger charge is 2.22. The number of carbonyl (C=O) groups excluding carboxylic acids is 1. The number of carboxylic acid groups (broad SMARTS) is 1. The normalized spacial score (nSPS) is 11.6. The monoisotopic (exact) mass is 548 g/mol. The number of aromatic nitrogens is 2. The van der Waals surface area contributed by atoms with Gasteiger partial charge in [-0.3, -0.25) is 0 Å². The fraction of sp³-hybridized carbons (Fsp3) is 0.276. The molecule has 4 rings (SSSR count). The third-order valence-electron chi connectivity index (χ3n) is 6.26. The number of benzene rings is 3. The third kappa shape index (κ3) is 6.28. The number of hydrogen-bond acceptors (Lipinski definition) is 5. The smallest absolute Gasteiger partial charge is 0.337 e. The predicted octanol–water partition coefficient (Wildman–Crippen LogP) is 5.19. The molecule has 204 valence electrons. The second-order valence-electron chi connectivity index (χ2n) is 9.62. The molecule has 9 nitrogen and oxygen atoms in total. The van der Waals surface area contributed by atoms with Crippen LogP contribution in [-0.4, -0.2) is 41.1 Å². The summed E-state index contributed by atoms with van der Waals surface area (Å²) in [6, 6.07) is 18.0. The molecule has 0 bridgehead atoms. The van der Waals surface area contributed by atoms with Crippen molar-refractivity contribution in [2.45, 2.75) is 57.5 Å². The van der Waals surface area contributed by atoms with Crippen molar-refractivity contribution < 1.29 is 23.1 Å². The van der Waals surface area contributed by atoms with Crippen molar-refractivity contribution in [2.24, 2.45) is 0 Å². The third-order valence-corrected chi connectivity index (χ3v) is 7.65. The van der Waals surface area contributed by atoms with Crippen LogP contribution in [0, 0.1) is 0 Å². The summed E-state index contributed by atoms with van der Waals surface area (Å²) >= 11 is 0. The summed E-state index contributed by atoms with van der Waals surface area (Å²) in [6.45, 7) is 5.99. The van der Waals surface area contributed by atoms with E-state index in [9.17, 15) is 23.1 Å². The van der Waals surface area contributed by atoms with E-state index < -0.39 is 22.0 Å². The van der Waals surface area contributed by atoms with Gasteiger partial charge in [-0.1, -0.05) is 61.9 Å². The van der Waals surface area contributed by atoms with Gasteiger partial charge in [-0.25, -0.2) is 27.7 Å². The van der Waals surface area contributed by atoms with Crippen LogP contribution in [0.2, 0.25) is 0 Å². The van der Waals surface area contributed by atoms with E-state index in [4.69, 9.17) is 4.98 Å². The molecule has 0 spiro atoms. The van der Waals surface area contributed by atoms with Gasteiger partial charge in [0, 0.05) is 24.6 Å². The fourth-order valence-corrected chi connectivity index (χ4v) is 5.63. The minimum atomic E-state index is -4.12. The lowest BCUT2D eigenvalue weighted by Crippen LogP contribution is -2.42. The van der Waals surface area contributed by atoms with Crippen molar-refractivity contribution in [1.29, 1.82) is 0 Å². The number of hydrogen-bond donors (Lipinski definition) is 3. The van der Waals surface area contributed by atoms with Crippen LogP contribution in [0.4, 0.5) is 4.79 Å². The van der Waals surface area contributed by atoms with E-state index in [1.165, 1.54) is 6.07 Å². The molecule has 4 aromatic rings. The number of para-hydroxylation sites is 1. The molecule has 0 saturated heterocycles. The number of nitrogens with one attached hydrogen (secondary N) is 2. The summed E-state index contributed by atoms with van der Waals surface area (Å²) in [6.07, 6.45) is 2.64. The number of carboxylic acids is 1. The van der Waals surface area contributed by atoms with Crippen LogP contribution < -0.4 is 10.0 Å². The van der Waals surface area contributed by atoms with E-state index in [1.807, 2.05) is 34.9 Å². The van der Waals surface area contributed by atoms with Gasteiger partial charge in [-0.05, 0) is 49.6 Å². The maximum absolute atomic E-state index is 13.0. The number of imidazole rings is 1. The van der Waals surface area contributed by atoms with E-state index >= 15 is 0 Å². The van der Waals surface area contributed by atoms with Crippen LogP contribution in [0.15, 0.2) is 71.6 Å². The predicted molar refractivity (Wildman–Crippen MR) is 150 cm³/mol. The summed E-state index contributed by atoms with van der Waals surface area (Å²) in [5.74, 6) is -0.181. The van der Waals surface area contributed by atoms with Gasteiger partial charge >= 0.3 is 12.0 Å². The Kier molecular flexibility index (Phi) is 8.35. The van der Waals surface area contributed by atoms with Crippen molar-refractivity contribution in [3.63, 3.8) is 0 Å². The Morgan fingerprint density at radius 3 is 2.38 bits per heavy atom. The molecule has 0 saturated carbocycles. The van der Waals surface area contributed by atoms with Crippen LogP contribution in [0.1, 0.15) is 55.4 Å². The number of amides is 2. The average Bonchev–Trinajstić information content (AvgIpc) is 3.24. The van der Waals surface area contributed by atoms with Crippen LogP contribution >= 0.6 is 0 Å². The highest BCUT2D eigenvalue weighted by Crippen LogP contribution is 2.29. The molecule has 1 aromatic heterocycles. The molecular weight excluding hydrogens is 516 g/mol. The number of rotatable bonds is 10. The Morgan fingerprint density at radius 1 is 1.00 bits per heavy atom. The maximum atomic E-state index is 13.0.